The van der Waals surface area contributed by atoms with E-state index in [1.165, 1.54) is 12.7 Å². The van der Waals surface area contributed by atoms with Crippen LogP contribution >= 0.6 is 0 Å². The Labute approximate surface area is 118 Å². The van der Waals surface area contributed by atoms with Gasteiger partial charge in [0.2, 0.25) is 0 Å². The Morgan fingerprint density at radius 3 is 3.15 bits per heavy atom. The third kappa shape index (κ3) is 3.37. The Balaban J connectivity index is 2.03. The summed E-state index contributed by atoms with van der Waals surface area (Å²) in [7, 11) is 1.52. The number of rotatable bonds is 6. The van der Waals surface area contributed by atoms with E-state index in [4.69, 9.17) is 15.2 Å². The van der Waals surface area contributed by atoms with Gasteiger partial charge in [0.05, 0.1) is 6.61 Å². The second-order valence-corrected chi connectivity index (χ2v) is 4.53. The van der Waals surface area contributed by atoms with Crippen LogP contribution < -0.4 is 15.8 Å². The van der Waals surface area contributed by atoms with E-state index >= 15 is 0 Å². The first-order valence-corrected chi connectivity index (χ1v) is 6.67. The second kappa shape index (κ2) is 7.07. The summed E-state index contributed by atoms with van der Waals surface area (Å²) in [5, 5.41) is 2.79. The smallest absolute Gasteiger partial charge is 0.254 e. The van der Waals surface area contributed by atoms with Crippen LogP contribution in [0, 0.1) is 0 Å². The van der Waals surface area contributed by atoms with E-state index in [0.29, 0.717) is 19.7 Å². The van der Waals surface area contributed by atoms with Gasteiger partial charge in [0.15, 0.2) is 6.10 Å². The van der Waals surface area contributed by atoms with Crippen molar-refractivity contribution in [3.05, 3.63) is 41.5 Å². The molecule has 0 saturated carbocycles. The van der Waals surface area contributed by atoms with E-state index in [1.54, 1.807) is 6.08 Å². The maximum Gasteiger partial charge on any atom is 0.254 e. The molecule has 0 aliphatic carbocycles. The molecule has 0 bridgehead atoms. The van der Waals surface area contributed by atoms with Crippen molar-refractivity contribution in [3.8, 4) is 5.75 Å². The van der Waals surface area contributed by atoms with Crippen LogP contribution in [0.5, 0.6) is 5.75 Å². The molecule has 1 aromatic carbocycles. The van der Waals surface area contributed by atoms with Gasteiger partial charge in [-0.3, -0.25) is 4.79 Å². The molecule has 0 aromatic heterocycles. The highest BCUT2D eigenvalue weighted by Crippen LogP contribution is 2.29. The Bertz CT molecular complexity index is 500. The summed E-state index contributed by atoms with van der Waals surface area (Å²) in [6.07, 6.45) is 3.90. The van der Waals surface area contributed by atoms with Gasteiger partial charge in [-0.25, -0.2) is 0 Å². The molecule has 1 amide bonds. The predicted octanol–water partition coefficient (Wildman–Crippen LogP) is 0.940. The largest absolute Gasteiger partial charge is 0.493 e. The summed E-state index contributed by atoms with van der Waals surface area (Å²) in [4.78, 5) is 12.1. The molecule has 108 valence electrons. The number of carbonyl (C=O) groups is 1. The minimum Gasteiger partial charge on any atom is -0.493 e. The quantitative estimate of drug-likeness (QED) is 0.758. The van der Waals surface area contributed by atoms with Gasteiger partial charge >= 0.3 is 0 Å². The molecule has 0 fully saturated rings. The lowest BCUT2D eigenvalue weighted by Crippen LogP contribution is -2.30. The number of carbonyl (C=O) groups excluding carboxylic acids is 1. The molecule has 0 spiro atoms. The average molecular weight is 276 g/mol. The van der Waals surface area contributed by atoms with Crippen LogP contribution in [-0.4, -0.2) is 32.7 Å². The van der Waals surface area contributed by atoms with Crippen LogP contribution in [0.3, 0.4) is 0 Å². The maximum absolute atomic E-state index is 12.1. The van der Waals surface area contributed by atoms with Crippen molar-refractivity contribution in [2.24, 2.45) is 5.73 Å². The van der Waals surface area contributed by atoms with Crippen molar-refractivity contribution >= 4 is 5.91 Å². The molecule has 1 aliphatic heterocycles. The van der Waals surface area contributed by atoms with Gasteiger partial charge < -0.3 is 20.5 Å². The SMILES string of the molecule is COC(C(=O)NC/C=C/CN)c1ccc2c(c1)OCC2. The summed E-state index contributed by atoms with van der Waals surface area (Å²) in [5.41, 5.74) is 7.31. The van der Waals surface area contributed by atoms with Gasteiger partial charge in [-0.1, -0.05) is 24.3 Å². The number of benzene rings is 1. The summed E-state index contributed by atoms with van der Waals surface area (Å²) < 4.78 is 10.8. The molecule has 1 aliphatic rings. The number of nitrogens with two attached hydrogens (primary N) is 1. The van der Waals surface area contributed by atoms with E-state index in [9.17, 15) is 4.79 Å². The Hall–Kier alpha value is -1.85. The molecule has 0 saturated heterocycles. The van der Waals surface area contributed by atoms with Gasteiger partial charge in [0.25, 0.3) is 5.91 Å². The highest BCUT2D eigenvalue weighted by molar-refractivity contribution is 5.82. The highest BCUT2D eigenvalue weighted by Gasteiger charge is 2.22. The zero-order valence-electron chi connectivity index (χ0n) is 11.6. The standard InChI is InChI=1S/C15H20N2O3/c1-19-14(15(18)17-8-3-2-7-16)12-5-4-11-6-9-20-13(11)10-12/h2-5,10,14H,6-9,16H2,1H3,(H,17,18)/b3-2+. The molecular formula is C15H20N2O3. The molecule has 2 rings (SSSR count). The molecule has 5 nitrogen and oxygen atoms in total. The molecule has 1 atom stereocenters. The fraction of sp³-hybridized carbons (Fsp3) is 0.400. The topological polar surface area (TPSA) is 73.6 Å². The first-order chi connectivity index (χ1) is 9.76. The van der Waals surface area contributed by atoms with E-state index in [-0.39, 0.29) is 5.91 Å². The number of hydrogen-bond donors (Lipinski definition) is 2. The number of hydrogen-bond acceptors (Lipinski definition) is 4. The van der Waals surface area contributed by atoms with Crippen molar-refractivity contribution in [3.63, 3.8) is 0 Å². The first kappa shape index (κ1) is 14.6. The lowest BCUT2D eigenvalue weighted by molar-refractivity contribution is -0.131. The third-order valence-electron chi connectivity index (χ3n) is 3.19. The molecular weight excluding hydrogens is 256 g/mol. The van der Waals surface area contributed by atoms with Crippen molar-refractivity contribution in [2.45, 2.75) is 12.5 Å². The van der Waals surface area contributed by atoms with Crippen LogP contribution in [-0.2, 0) is 16.0 Å². The fourth-order valence-corrected chi connectivity index (χ4v) is 2.17. The number of amides is 1. The molecule has 5 heteroatoms. The average Bonchev–Trinajstić information content (AvgIpc) is 2.92. The van der Waals surface area contributed by atoms with Crippen molar-refractivity contribution < 1.29 is 14.3 Å². The van der Waals surface area contributed by atoms with Crippen molar-refractivity contribution in [2.75, 3.05) is 26.8 Å². The summed E-state index contributed by atoms with van der Waals surface area (Å²) in [6, 6.07) is 5.79. The van der Waals surface area contributed by atoms with E-state index in [1.807, 2.05) is 24.3 Å². The predicted molar refractivity (Wildman–Crippen MR) is 76.6 cm³/mol. The van der Waals surface area contributed by atoms with Crippen molar-refractivity contribution in [1.29, 1.82) is 0 Å². The van der Waals surface area contributed by atoms with Gasteiger partial charge in [-0.15, -0.1) is 0 Å². The minimum absolute atomic E-state index is 0.174. The maximum atomic E-state index is 12.1. The summed E-state index contributed by atoms with van der Waals surface area (Å²) in [6.45, 7) is 1.61. The zero-order chi connectivity index (χ0) is 14.4. The lowest BCUT2D eigenvalue weighted by atomic mass is 10.0. The normalized spacial score (nSPS) is 14.9. The van der Waals surface area contributed by atoms with Crippen LogP contribution in [0.15, 0.2) is 30.4 Å². The van der Waals surface area contributed by atoms with Gasteiger partial charge in [0, 0.05) is 26.6 Å². The van der Waals surface area contributed by atoms with Crippen molar-refractivity contribution in [1.82, 2.24) is 5.32 Å². The van der Waals surface area contributed by atoms with E-state index < -0.39 is 6.10 Å². The third-order valence-corrected chi connectivity index (χ3v) is 3.19. The number of nitrogens with one attached hydrogen (secondary N) is 1. The summed E-state index contributed by atoms with van der Waals surface area (Å²) >= 11 is 0. The Morgan fingerprint density at radius 1 is 1.55 bits per heavy atom. The number of fused-ring (bicyclic) bond motifs is 1. The molecule has 1 unspecified atom stereocenters. The summed E-state index contributed by atoms with van der Waals surface area (Å²) in [5.74, 6) is 0.674. The van der Waals surface area contributed by atoms with Gasteiger partial charge in [0.1, 0.15) is 5.75 Å². The molecule has 1 heterocycles. The van der Waals surface area contributed by atoms with Crippen LogP contribution in [0.1, 0.15) is 17.2 Å². The monoisotopic (exact) mass is 276 g/mol. The molecule has 3 N–H and O–H groups in total. The van der Waals surface area contributed by atoms with Gasteiger partial charge in [-0.05, 0) is 17.2 Å². The van der Waals surface area contributed by atoms with Gasteiger partial charge in [-0.2, -0.15) is 0 Å². The fourth-order valence-electron chi connectivity index (χ4n) is 2.17. The highest BCUT2D eigenvalue weighted by atomic mass is 16.5. The second-order valence-electron chi connectivity index (χ2n) is 4.53. The number of ether oxygens (including phenoxy) is 2. The number of methoxy groups -OCH3 is 1. The molecule has 1 aromatic rings. The van der Waals surface area contributed by atoms with Crippen LogP contribution in [0.4, 0.5) is 0 Å². The lowest BCUT2D eigenvalue weighted by Gasteiger charge is -2.15. The zero-order valence-corrected chi connectivity index (χ0v) is 11.6. The van der Waals surface area contributed by atoms with E-state index in [2.05, 4.69) is 5.32 Å². The Kier molecular flexibility index (Phi) is 5.15. The minimum atomic E-state index is -0.629. The first-order valence-electron chi connectivity index (χ1n) is 6.67. The Morgan fingerprint density at radius 2 is 2.40 bits per heavy atom. The molecule has 0 radical (unpaired) electrons. The van der Waals surface area contributed by atoms with Crippen LogP contribution in [0.2, 0.25) is 0 Å². The van der Waals surface area contributed by atoms with E-state index in [0.717, 1.165) is 17.7 Å². The van der Waals surface area contributed by atoms with Crippen LogP contribution in [0.25, 0.3) is 0 Å². The molecule has 20 heavy (non-hydrogen) atoms.